The number of aromatic nitrogens is 3. The lowest BCUT2D eigenvalue weighted by molar-refractivity contribution is 0.0657. The molecule has 22 heavy (non-hydrogen) atoms. The van der Waals surface area contributed by atoms with Crippen LogP contribution >= 0.6 is 0 Å². The molecule has 0 spiro atoms. The van der Waals surface area contributed by atoms with Crippen LogP contribution < -0.4 is 5.32 Å². The highest BCUT2D eigenvalue weighted by molar-refractivity contribution is 5.53. The third-order valence-electron chi connectivity index (χ3n) is 3.30. The van der Waals surface area contributed by atoms with Gasteiger partial charge in [-0.2, -0.15) is 0 Å². The van der Waals surface area contributed by atoms with Crippen molar-refractivity contribution in [1.82, 2.24) is 15.2 Å². The largest absolute Gasteiger partial charge is 0.374 e. The maximum absolute atomic E-state index is 5.59. The van der Waals surface area contributed by atoms with E-state index in [1.165, 1.54) is 0 Å². The van der Waals surface area contributed by atoms with Gasteiger partial charge in [0.25, 0.3) is 0 Å². The predicted molar refractivity (Wildman–Crippen MR) is 88.2 cm³/mol. The van der Waals surface area contributed by atoms with Crippen molar-refractivity contribution in [3.05, 3.63) is 41.2 Å². The van der Waals surface area contributed by atoms with Crippen molar-refractivity contribution >= 4 is 11.6 Å². The maximum atomic E-state index is 5.59. The molecule has 0 bridgehead atoms. The van der Waals surface area contributed by atoms with Crippen LogP contribution in [0, 0.1) is 0 Å². The molecule has 0 saturated carbocycles. The van der Waals surface area contributed by atoms with Crippen LogP contribution in [0.25, 0.3) is 0 Å². The third kappa shape index (κ3) is 4.49. The lowest BCUT2D eigenvalue weighted by Crippen LogP contribution is -2.06. The average molecular weight is 300 g/mol. The normalized spacial score (nSPS) is 11.0. The molecule has 2 aromatic rings. The summed E-state index contributed by atoms with van der Waals surface area (Å²) < 4.78 is 5.59. The molecule has 1 aromatic carbocycles. The minimum atomic E-state index is 0.238. The summed E-state index contributed by atoms with van der Waals surface area (Å²) >= 11 is 0. The molecule has 1 N–H and O–H groups in total. The molecule has 1 heterocycles. The molecule has 0 fully saturated rings. The molecule has 0 aliphatic rings. The number of hydrogen-bond donors (Lipinski definition) is 1. The Balaban J connectivity index is 2.04. The van der Waals surface area contributed by atoms with Gasteiger partial charge >= 0.3 is 0 Å². The Hall–Kier alpha value is -2.01. The molecule has 118 valence electrons. The monoisotopic (exact) mass is 300 g/mol. The van der Waals surface area contributed by atoms with Crippen LogP contribution in [0.5, 0.6) is 0 Å². The van der Waals surface area contributed by atoms with Crippen LogP contribution in [0.4, 0.5) is 11.6 Å². The lowest BCUT2D eigenvalue weighted by atomic mass is 10.2. The van der Waals surface area contributed by atoms with E-state index in [0.29, 0.717) is 12.6 Å². The summed E-state index contributed by atoms with van der Waals surface area (Å²) in [5.74, 6) is 0.542. The van der Waals surface area contributed by atoms with Gasteiger partial charge in [-0.1, -0.05) is 26.0 Å². The molecule has 5 nitrogen and oxygen atoms in total. The highest BCUT2D eigenvalue weighted by atomic mass is 16.5. The second-order valence-corrected chi connectivity index (χ2v) is 5.42. The van der Waals surface area contributed by atoms with Gasteiger partial charge in [0, 0.05) is 5.69 Å². The van der Waals surface area contributed by atoms with Crippen molar-refractivity contribution < 1.29 is 4.74 Å². The first-order valence-electron chi connectivity index (χ1n) is 7.82. The molecule has 0 atom stereocenters. The van der Waals surface area contributed by atoms with E-state index >= 15 is 0 Å². The van der Waals surface area contributed by atoms with Gasteiger partial charge in [0.2, 0.25) is 5.95 Å². The van der Waals surface area contributed by atoms with Gasteiger partial charge < -0.3 is 10.1 Å². The molecular formula is C17H24N4O. The fraction of sp³-hybridized carbons (Fsp3) is 0.471. The van der Waals surface area contributed by atoms with Crippen LogP contribution in [0.2, 0.25) is 0 Å². The topological polar surface area (TPSA) is 59.9 Å². The van der Waals surface area contributed by atoms with Crippen LogP contribution in [-0.2, 0) is 24.2 Å². The number of aryl methyl sites for hydroxylation is 2. The Morgan fingerprint density at radius 3 is 2.27 bits per heavy atom. The molecule has 0 unspecified atom stereocenters. The van der Waals surface area contributed by atoms with Gasteiger partial charge in [-0.3, -0.25) is 0 Å². The molecule has 1 aromatic heterocycles. The number of hydrogen-bond acceptors (Lipinski definition) is 5. The Labute approximate surface area is 132 Å². The molecule has 0 aliphatic heterocycles. The van der Waals surface area contributed by atoms with Crippen LogP contribution in [-0.4, -0.2) is 21.3 Å². The number of nitrogens with zero attached hydrogens (tertiary/aromatic N) is 3. The van der Waals surface area contributed by atoms with Gasteiger partial charge in [0.15, 0.2) is 0 Å². The Morgan fingerprint density at radius 2 is 1.68 bits per heavy atom. The Morgan fingerprint density at radius 1 is 1.00 bits per heavy atom. The standard InChI is InChI=1S/C17H24N4O/c1-5-15-16(6-2)20-21-17(19-15)18-14-9-7-13(8-10-14)11-22-12(3)4/h7-10,12H,5-6,11H2,1-4H3,(H,18,19,21). The van der Waals surface area contributed by atoms with Crippen molar-refractivity contribution in [2.75, 3.05) is 5.32 Å². The number of anilines is 2. The first kappa shape index (κ1) is 16.4. The first-order valence-corrected chi connectivity index (χ1v) is 7.82. The fourth-order valence-corrected chi connectivity index (χ4v) is 2.07. The number of rotatable bonds is 7. The second-order valence-electron chi connectivity index (χ2n) is 5.42. The summed E-state index contributed by atoms with van der Waals surface area (Å²) in [7, 11) is 0. The van der Waals surface area contributed by atoms with Crippen LogP contribution in [0.3, 0.4) is 0 Å². The van der Waals surface area contributed by atoms with Gasteiger partial charge in [0.1, 0.15) is 0 Å². The predicted octanol–water partition coefficient (Wildman–Crippen LogP) is 3.67. The first-order chi connectivity index (χ1) is 10.6. The Kier molecular flexibility index (Phi) is 5.83. The Bertz CT molecular complexity index is 596. The quantitative estimate of drug-likeness (QED) is 0.845. The zero-order valence-corrected chi connectivity index (χ0v) is 13.8. The van der Waals surface area contributed by atoms with Crippen molar-refractivity contribution in [3.63, 3.8) is 0 Å². The summed E-state index contributed by atoms with van der Waals surface area (Å²) in [6.07, 6.45) is 1.95. The molecular weight excluding hydrogens is 276 g/mol. The highest BCUT2D eigenvalue weighted by Gasteiger charge is 2.06. The number of ether oxygens (including phenoxy) is 1. The van der Waals surface area contributed by atoms with Crippen molar-refractivity contribution in [3.8, 4) is 0 Å². The van der Waals surface area contributed by atoms with Crippen molar-refractivity contribution in [2.45, 2.75) is 53.2 Å². The molecule has 0 radical (unpaired) electrons. The zero-order chi connectivity index (χ0) is 15.9. The van der Waals surface area contributed by atoms with Crippen LogP contribution in [0.15, 0.2) is 24.3 Å². The minimum Gasteiger partial charge on any atom is -0.374 e. The van der Waals surface area contributed by atoms with Gasteiger partial charge in [-0.25, -0.2) is 4.98 Å². The summed E-state index contributed by atoms with van der Waals surface area (Å²) in [5.41, 5.74) is 4.06. The SMILES string of the molecule is CCc1nnc(Nc2ccc(COC(C)C)cc2)nc1CC. The number of benzene rings is 1. The van der Waals surface area contributed by atoms with E-state index < -0.39 is 0 Å². The smallest absolute Gasteiger partial charge is 0.247 e. The summed E-state index contributed by atoms with van der Waals surface area (Å²) in [6, 6.07) is 8.09. The van der Waals surface area contributed by atoms with E-state index in [9.17, 15) is 0 Å². The molecule has 0 aliphatic carbocycles. The molecule has 2 rings (SSSR count). The molecule has 0 saturated heterocycles. The van der Waals surface area contributed by atoms with E-state index in [1.807, 2.05) is 38.1 Å². The summed E-state index contributed by atoms with van der Waals surface area (Å²) in [5, 5.41) is 11.6. The summed E-state index contributed by atoms with van der Waals surface area (Å²) in [4.78, 5) is 4.53. The number of nitrogens with one attached hydrogen (secondary N) is 1. The average Bonchev–Trinajstić information content (AvgIpc) is 2.54. The van der Waals surface area contributed by atoms with Gasteiger partial charge in [-0.05, 0) is 44.4 Å². The maximum Gasteiger partial charge on any atom is 0.247 e. The van der Waals surface area contributed by atoms with Crippen molar-refractivity contribution in [1.29, 1.82) is 0 Å². The fourth-order valence-electron chi connectivity index (χ4n) is 2.07. The van der Waals surface area contributed by atoms with Crippen molar-refractivity contribution in [2.24, 2.45) is 0 Å². The van der Waals surface area contributed by atoms with E-state index in [4.69, 9.17) is 4.74 Å². The highest BCUT2D eigenvalue weighted by Crippen LogP contribution is 2.15. The summed E-state index contributed by atoms with van der Waals surface area (Å²) in [6.45, 7) is 8.84. The zero-order valence-electron chi connectivity index (χ0n) is 13.8. The van der Waals surface area contributed by atoms with Gasteiger partial charge in [-0.15, -0.1) is 10.2 Å². The molecule has 0 amide bonds. The van der Waals surface area contributed by atoms with E-state index in [0.717, 1.165) is 35.5 Å². The lowest BCUT2D eigenvalue weighted by Gasteiger charge is -2.10. The van der Waals surface area contributed by atoms with Crippen LogP contribution in [0.1, 0.15) is 44.6 Å². The van der Waals surface area contributed by atoms with Gasteiger partial charge in [0.05, 0.1) is 24.1 Å². The second kappa shape index (κ2) is 7.84. The van der Waals surface area contributed by atoms with E-state index in [2.05, 4.69) is 34.3 Å². The third-order valence-corrected chi connectivity index (χ3v) is 3.30. The van der Waals surface area contributed by atoms with E-state index in [1.54, 1.807) is 0 Å². The van der Waals surface area contributed by atoms with E-state index in [-0.39, 0.29) is 6.10 Å². The minimum absolute atomic E-state index is 0.238. The molecule has 5 heteroatoms.